The van der Waals surface area contributed by atoms with Gasteiger partial charge >= 0.3 is 0 Å². The largest absolute Gasteiger partial charge is 0.382 e. The van der Waals surface area contributed by atoms with Gasteiger partial charge in [0.15, 0.2) is 0 Å². The molecule has 1 heterocycles. The fraction of sp³-hybridized carbons (Fsp3) is 0.273. The number of rotatable bonds is 3. The molecule has 1 aromatic heterocycles. The van der Waals surface area contributed by atoms with Crippen LogP contribution >= 0.6 is 0 Å². The monoisotopic (exact) mass is 220 g/mol. The van der Waals surface area contributed by atoms with Crippen LogP contribution < -0.4 is 11.1 Å². The van der Waals surface area contributed by atoms with E-state index in [-0.39, 0.29) is 5.91 Å². The lowest BCUT2D eigenvalue weighted by molar-refractivity contribution is -0.118. The molecule has 0 fully saturated rings. The lowest BCUT2D eigenvalue weighted by atomic mass is 10.2. The van der Waals surface area contributed by atoms with Crippen molar-refractivity contribution in [2.24, 2.45) is 0 Å². The first-order chi connectivity index (χ1) is 7.45. The molecule has 0 aromatic carbocycles. The van der Waals surface area contributed by atoms with Gasteiger partial charge in [0.25, 0.3) is 0 Å². The lowest BCUT2D eigenvalue weighted by Gasteiger charge is -2.08. The molecule has 0 bridgehead atoms. The number of aromatic nitrogens is 2. The molecule has 1 aromatic rings. The Morgan fingerprint density at radius 3 is 2.62 bits per heavy atom. The number of hydrogen-bond donors (Lipinski definition) is 3. The number of nitrogen functional groups attached to an aromatic ring is 1. The van der Waals surface area contributed by atoms with Gasteiger partial charge in [-0.25, -0.2) is 4.98 Å². The maximum Gasteiger partial charge on any atom is 0.221 e. The highest BCUT2D eigenvalue weighted by molar-refractivity contribution is 5.83. The van der Waals surface area contributed by atoms with Gasteiger partial charge in [-0.05, 0) is 13.8 Å². The summed E-state index contributed by atoms with van der Waals surface area (Å²) in [5.41, 5.74) is 7.68. The van der Waals surface area contributed by atoms with Crippen LogP contribution in [0, 0.1) is 6.92 Å². The Labute approximate surface area is 94.5 Å². The minimum Gasteiger partial charge on any atom is -0.382 e. The van der Waals surface area contributed by atoms with Gasteiger partial charge in [0.1, 0.15) is 11.6 Å². The Morgan fingerprint density at radius 2 is 2.25 bits per heavy atom. The molecule has 0 radical (unpaired) electrons. The predicted molar refractivity (Wildman–Crippen MR) is 64.3 cm³/mol. The van der Waals surface area contributed by atoms with E-state index in [4.69, 9.17) is 5.73 Å². The Kier molecular flexibility index (Phi) is 3.50. The molecule has 0 aliphatic heterocycles. The first-order valence-electron chi connectivity index (χ1n) is 4.91. The zero-order chi connectivity index (χ0) is 12.3. The number of carbonyl (C=O) groups is 1. The van der Waals surface area contributed by atoms with Crippen LogP contribution in [0.3, 0.4) is 0 Å². The van der Waals surface area contributed by atoms with E-state index in [1.807, 2.05) is 19.9 Å². The first kappa shape index (κ1) is 12.0. The normalized spacial score (nSPS) is 11.3. The summed E-state index contributed by atoms with van der Waals surface area (Å²) in [5, 5.41) is 2.62. The number of H-pyrrole nitrogens is 1. The van der Waals surface area contributed by atoms with E-state index < -0.39 is 0 Å². The van der Waals surface area contributed by atoms with Crippen LogP contribution in [0.4, 0.5) is 5.82 Å². The molecular formula is C11H16N4O. The maximum atomic E-state index is 10.9. The van der Waals surface area contributed by atoms with Crippen molar-refractivity contribution in [2.75, 3.05) is 5.73 Å². The third kappa shape index (κ3) is 2.50. The van der Waals surface area contributed by atoms with Gasteiger partial charge < -0.3 is 16.0 Å². The van der Waals surface area contributed by atoms with Crippen molar-refractivity contribution < 1.29 is 4.79 Å². The molecule has 5 heteroatoms. The number of hydrogen-bond acceptors (Lipinski definition) is 3. The van der Waals surface area contributed by atoms with Crippen LogP contribution in [0.5, 0.6) is 0 Å². The quantitative estimate of drug-likeness (QED) is 0.672. The molecule has 1 amide bonds. The van der Waals surface area contributed by atoms with Crippen LogP contribution in [-0.4, -0.2) is 15.9 Å². The fourth-order valence-electron chi connectivity index (χ4n) is 1.34. The summed E-state index contributed by atoms with van der Waals surface area (Å²) in [6.07, 6.45) is 1.82. The van der Waals surface area contributed by atoms with Gasteiger partial charge in [-0.2, -0.15) is 0 Å². The van der Waals surface area contributed by atoms with E-state index in [0.717, 1.165) is 11.3 Å². The van der Waals surface area contributed by atoms with Gasteiger partial charge in [-0.1, -0.05) is 12.7 Å². The number of imidazole rings is 1. The number of aryl methyl sites for hydroxylation is 1. The van der Waals surface area contributed by atoms with Crippen LogP contribution in [0.25, 0.3) is 5.57 Å². The highest BCUT2D eigenvalue weighted by atomic mass is 16.1. The lowest BCUT2D eigenvalue weighted by Crippen LogP contribution is -2.19. The maximum absolute atomic E-state index is 10.9. The van der Waals surface area contributed by atoms with Gasteiger partial charge in [0.2, 0.25) is 5.91 Å². The van der Waals surface area contributed by atoms with Crippen molar-refractivity contribution in [1.29, 1.82) is 0 Å². The minimum atomic E-state index is -0.166. The van der Waals surface area contributed by atoms with Crippen molar-refractivity contribution in [3.63, 3.8) is 0 Å². The molecule has 86 valence electrons. The highest BCUT2D eigenvalue weighted by Crippen LogP contribution is 2.19. The molecule has 16 heavy (non-hydrogen) atoms. The Morgan fingerprint density at radius 1 is 1.62 bits per heavy atom. The number of carbonyl (C=O) groups excluding carboxylic acids is 1. The molecular weight excluding hydrogens is 204 g/mol. The smallest absolute Gasteiger partial charge is 0.221 e. The van der Waals surface area contributed by atoms with Crippen LogP contribution in [-0.2, 0) is 4.79 Å². The second kappa shape index (κ2) is 4.65. The molecule has 0 unspecified atom stereocenters. The molecule has 5 nitrogen and oxygen atoms in total. The molecule has 4 N–H and O–H groups in total. The summed E-state index contributed by atoms with van der Waals surface area (Å²) in [4.78, 5) is 18.1. The molecule has 0 aliphatic carbocycles. The summed E-state index contributed by atoms with van der Waals surface area (Å²) in [6.45, 7) is 8.89. The number of nitrogens with one attached hydrogen (secondary N) is 2. The van der Waals surface area contributed by atoms with Crippen molar-refractivity contribution in [1.82, 2.24) is 15.3 Å². The van der Waals surface area contributed by atoms with Crippen molar-refractivity contribution in [2.45, 2.75) is 20.8 Å². The summed E-state index contributed by atoms with van der Waals surface area (Å²) >= 11 is 0. The molecule has 0 saturated heterocycles. The number of anilines is 1. The zero-order valence-corrected chi connectivity index (χ0v) is 9.72. The van der Waals surface area contributed by atoms with Crippen LogP contribution in [0.15, 0.2) is 18.4 Å². The van der Waals surface area contributed by atoms with Gasteiger partial charge in [0, 0.05) is 18.2 Å². The fourth-order valence-corrected chi connectivity index (χ4v) is 1.34. The van der Waals surface area contributed by atoms with E-state index in [1.165, 1.54) is 6.92 Å². The standard InChI is InChI=1S/C11H16N4O/c1-5-9(6(2)13-8(4)16)11-14-7(3)10(12)15-11/h5H,2,12H2,1,3-4H3,(H,13,16)(H,14,15)/b9-5+. The number of allylic oxidation sites excluding steroid dienone is 2. The van der Waals surface area contributed by atoms with Crippen molar-refractivity contribution >= 4 is 17.3 Å². The number of aromatic amines is 1. The third-order valence-electron chi connectivity index (χ3n) is 2.12. The van der Waals surface area contributed by atoms with Gasteiger partial charge in [0.05, 0.1) is 5.69 Å². The zero-order valence-electron chi connectivity index (χ0n) is 9.72. The molecule has 1 rings (SSSR count). The Balaban J connectivity index is 3.00. The number of nitrogens with zero attached hydrogens (tertiary/aromatic N) is 1. The van der Waals surface area contributed by atoms with Crippen LogP contribution in [0.2, 0.25) is 0 Å². The van der Waals surface area contributed by atoms with E-state index in [2.05, 4.69) is 21.9 Å². The van der Waals surface area contributed by atoms with E-state index >= 15 is 0 Å². The molecule has 0 spiro atoms. The Bertz CT molecular complexity index is 437. The van der Waals surface area contributed by atoms with E-state index in [9.17, 15) is 4.79 Å². The minimum absolute atomic E-state index is 0.166. The summed E-state index contributed by atoms with van der Waals surface area (Å²) in [6, 6.07) is 0. The molecule has 0 atom stereocenters. The van der Waals surface area contributed by atoms with Crippen molar-refractivity contribution in [3.8, 4) is 0 Å². The molecule has 0 aliphatic rings. The van der Waals surface area contributed by atoms with E-state index in [0.29, 0.717) is 17.3 Å². The summed E-state index contributed by atoms with van der Waals surface area (Å²) in [7, 11) is 0. The molecule has 0 saturated carbocycles. The number of nitrogens with two attached hydrogens (primary N) is 1. The SMILES string of the molecule is C=C(NC(C)=O)/C(=C\C)c1nc(N)c(C)[nH]1. The second-order valence-electron chi connectivity index (χ2n) is 3.46. The summed E-state index contributed by atoms with van der Waals surface area (Å²) in [5.74, 6) is 0.891. The Hall–Kier alpha value is -2.04. The van der Waals surface area contributed by atoms with Crippen molar-refractivity contribution in [3.05, 3.63) is 29.9 Å². The van der Waals surface area contributed by atoms with Gasteiger partial charge in [-0.3, -0.25) is 4.79 Å². The van der Waals surface area contributed by atoms with E-state index in [1.54, 1.807) is 0 Å². The van der Waals surface area contributed by atoms with Crippen LogP contribution in [0.1, 0.15) is 25.4 Å². The van der Waals surface area contributed by atoms with Gasteiger partial charge in [-0.15, -0.1) is 0 Å². The number of amides is 1. The first-order valence-corrected chi connectivity index (χ1v) is 4.91. The average Bonchev–Trinajstić information content (AvgIpc) is 2.46. The third-order valence-corrected chi connectivity index (χ3v) is 2.12. The highest BCUT2D eigenvalue weighted by Gasteiger charge is 2.11. The average molecular weight is 220 g/mol. The predicted octanol–water partition coefficient (Wildman–Crippen LogP) is 1.35. The topological polar surface area (TPSA) is 83.8 Å². The summed E-state index contributed by atoms with van der Waals surface area (Å²) < 4.78 is 0. The second-order valence-corrected chi connectivity index (χ2v) is 3.46.